The number of hydrogen-bond acceptors (Lipinski definition) is 5. The molecule has 1 atom stereocenters. The van der Waals surface area contributed by atoms with Gasteiger partial charge in [0.2, 0.25) is 0 Å². The van der Waals surface area contributed by atoms with Gasteiger partial charge in [0.05, 0.1) is 25.8 Å². The predicted molar refractivity (Wildman–Crippen MR) is 110 cm³/mol. The van der Waals surface area contributed by atoms with Gasteiger partial charge in [-0.1, -0.05) is 55.8 Å². The molecule has 1 saturated heterocycles. The zero-order chi connectivity index (χ0) is 21.0. The van der Waals surface area contributed by atoms with Crippen molar-refractivity contribution >= 4 is 17.4 Å². The number of likely N-dealkylation sites (tertiary alicyclic amines) is 1. The van der Waals surface area contributed by atoms with Crippen LogP contribution >= 0.6 is 0 Å². The number of rotatable bonds is 7. The van der Waals surface area contributed by atoms with E-state index in [-0.39, 0.29) is 11.3 Å². The third-order valence-electron chi connectivity index (χ3n) is 5.07. The summed E-state index contributed by atoms with van der Waals surface area (Å²) >= 11 is 0. The van der Waals surface area contributed by atoms with Crippen molar-refractivity contribution in [2.75, 3.05) is 20.8 Å². The lowest BCUT2D eigenvalue weighted by atomic mass is 9.94. The van der Waals surface area contributed by atoms with Crippen LogP contribution in [-0.2, 0) is 9.59 Å². The molecular weight excluding hydrogens is 370 g/mol. The summed E-state index contributed by atoms with van der Waals surface area (Å²) in [7, 11) is 3.04. The molecule has 0 aromatic heterocycles. The van der Waals surface area contributed by atoms with Gasteiger partial charge in [-0.3, -0.25) is 9.59 Å². The highest BCUT2D eigenvalue weighted by molar-refractivity contribution is 6.46. The lowest BCUT2D eigenvalue weighted by molar-refractivity contribution is -0.139. The minimum absolute atomic E-state index is 0.0591. The smallest absolute Gasteiger partial charge is 0.295 e. The molecule has 152 valence electrons. The Hall–Kier alpha value is -3.28. The number of hydrogen-bond donors (Lipinski definition) is 1. The van der Waals surface area contributed by atoms with Crippen LogP contribution in [0.5, 0.6) is 11.5 Å². The zero-order valence-electron chi connectivity index (χ0n) is 16.8. The van der Waals surface area contributed by atoms with E-state index in [1.54, 1.807) is 42.5 Å². The van der Waals surface area contributed by atoms with Gasteiger partial charge >= 0.3 is 0 Å². The Bertz CT molecular complexity index is 936. The number of amides is 1. The van der Waals surface area contributed by atoms with Gasteiger partial charge in [-0.15, -0.1) is 0 Å². The SMILES string of the molecule is CCCCN1C(=O)C(=O)/C(=C(/O)c2ccccc2)C1c1cccc(OC)c1OC. The first-order chi connectivity index (χ1) is 14.0. The highest BCUT2D eigenvalue weighted by Gasteiger charge is 2.47. The number of aliphatic hydroxyl groups excluding tert-OH is 1. The summed E-state index contributed by atoms with van der Waals surface area (Å²) < 4.78 is 11.0. The maximum absolute atomic E-state index is 13.0. The second kappa shape index (κ2) is 8.82. The first-order valence-electron chi connectivity index (χ1n) is 9.59. The van der Waals surface area contributed by atoms with Crippen molar-refractivity contribution in [2.24, 2.45) is 0 Å². The van der Waals surface area contributed by atoms with Gasteiger partial charge in [0, 0.05) is 17.7 Å². The van der Waals surface area contributed by atoms with Crippen LogP contribution in [0.3, 0.4) is 0 Å². The average Bonchev–Trinajstić information content (AvgIpc) is 3.01. The molecule has 1 N–H and O–H groups in total. The van der Waals surface area contributed by atoms with E-state index in [0.29, 0.717) is 29.2 Å². The fourth-order valence-corrected chi connectivity index (χ4v) is 3.64. The van der Waals surface area contributed by atoms with Crippen LogP contribution in [0.15, 0.2) is 54.1 Å². The Kier molecular flexibility index (Phi) is 6.22. The third-order valence-corrected chi connectivity index (χ3v) is 5.07. The van der Waals surface area contributed by atoms with Gasteiger partial charge in [-0.25, -0.2) is 0 Å². The monoisotopic (exact) mass is 395 g/mol. The number of ether oxygens (including phenoxy) is 2. The van der Waals surface area contributed by atoms with E-state index in [1.165, 1.54) is 19.1 Å². The molecule has 1 unspecified atom stereocenters. The number of nitrogens with zero attached hydrogens (tertiary/aromatic N) is 1. The van der Waals surface area contributed by atoms with Crippen molar-refractivity contribution in [1.82, 2.24) is 4.90 Å². The fourth-order valence-electron chi connectivity index (χ4n) is 3.64. The zero-order valence-corrected chi connectivity index (χ0v) is 16.8. The molecule has 1 heterocycles. The molecular formula is C23H25NO5. The van der Waals surface area contributed by atoms with Crippen LogP contribution in [-0.4, -0.2) is 42.5 Å². The molecule has 6 nitrogen and oxygen atoms in total. The maximum Gasteiger partial charge on any atom is 0.295 e. The predicted octanol–water partition coefficient (Wildman–Crippen LogP) is 3.93. The Balaban J connectivity index is 2.25. The normalized spacial score (nSPS) is 18.2. The lowest BCUT2D eigenvalue weighted by Gasteiger charge is -2.27. The molecule has 0 bridgehead atoms. The summed E-state index contributed by atoms with van der Waals surface area (Å²) in [5, 5.41) is 11.0. The lowest BCUT2D eigenvalue weighted by Crippen LogP contribution is -2.30. The van der Waals surface area contributed by atoms with Crippen molar-refractivity contribution in [3.63, 3.8) is 0 Å². The Morgan fingerprint density at radius 2 is 1.76 bits per heavy atom. The molecule has 0 spiro atoms. The molecule has 6 heteroatoms. The Labute approximate surface area is 170 Å². The van der Waals surface area contributed by atoms with Crippen molar-refractivity contribution in [3.8, 4) is 11.5 Å². The summed E-state index contributed by atoms with van der Waals surface area (Å²) in [6.45, 7) is 2.42. The Morgan fingerprint density at radius 1 is 1.03 bits per heavy atom. The van der Waals surface area contributed by atoms with Crippen molar-refractivity contribution < 1.29 is 24.2 Å². The molecule has 3 rings (SSSR count). The summed E-state index contributed by atoms with van der Waals surface area (Å²) in [5.74, 6) is -0.589. The van der Waals surface area contributed by atoms with Crippen LogP contribution in [0.4, 0.5) is 0 Å². The summed E-state index contributed by atoms with van der Waals surface area (Å²) in [4.78, 5) is 27.3. The van der Waals surface area contributed by atoms with Crippen LogP contribution in [0.1, 0.15) is 36.9 Å². The van der Waals surface area contributed by atoms with Crippen molar-refractivity contribution in [3.05, 3.63) is 65.2 Å². The highest BCUT2D eigenvalue weighted by Crippen LogP contribution is 2.45. The van der Waals surface area contributed by atoms with E-state index in [2.05, 4.69) is 0 Å². The molecule has 29 heavy (non-hydrogen) atoms. The average molecular weight is 395 g/mol. The quantitative estimate of drug-likeness (QED) is 0.437. The fraction of sp³-hybridized carbons (Fsp3) is 0.304. The number of Topliss-reactive ketones (excluding diaryl/α,β-unsaturated/α-hetero) is 1. The molecule has 1 fully saturated rings. The van der Waals surface area contributed by atoms with Gasteiger partial charge in [0.25, 0.3) is 11.7 Å². The second-order valence-electron chi connectivity index (χ2n) is 6.79. The first-order valence-corrected chi connectivity index (χ1v) is 9.59. The van der Waals surface area contributed by atoms with E-state index in [1.807, 2.05) is 13.0 Å². The molecule has 1 aliphatic rings. The molecule has 1 amide bonds. The number of unbranched alkanes of at least 4 members (excludes halogenated alkanes) is 1. The minimum Gasteiger partial charge on any atom is -0.507 e. The molecule has 2 aromatic rings. The topological polar surface area (TPSA) is 76.1 Å². The summed E-state index contributed by atoms with van der Waals surface area (Å²) in [5.41, 5.74) is 1.14. The number of ketones is 1. The van der Waals surface area contributed by atoms with Gasteiger partial charge in [0.1, 0.15) is 5.76 Å². The van der Waals surface area contributed by atoms with E-state index >= 15 is 0 Å². The standard InChI is InChI=1S/C23H25NO5/c1-4-5-14-24-19(16-12-9-13-17(28-2)22(16)29-3)18(21(26)23(24)27)20(25)15-10-7-6-8-11-15/h6-13,19,25H,4-5,14H2,1-3H3/b20-18+. The number of methoxy groups -OCH3 is 2. The minimum atomic E-state index is -0.758. The van der Waals surface area contributed by atoms with Crippen LogP contribution in [0.2, 0.25) is 0 Å². The highest BCUT2D eigenvalue weighted by atomic mass is 16.5. The largest absolute Gasteiger partial charge is 0.507 e. The van der Waals surface area contributed by atoms with Gasteiger partial charge in [-0.2, -0.15) is 0 Å². The number of carbonyl (C=O) groups excluding carboxylic acids is 2. The van der Waals surface area contributed by atoms with Gasteiger partial charge in [-0.05, 0) is 12.5 Å². The summed E-state index contributed by atoms with van der Waals surface area (Å²) in [6, 6.07) is 13.3. The first kappa shape index (κ1) is 20.5. The number of carbonyl (C=O) groups is 2. The molecule has 0 saturated carbocycles. The number of benzene rings is 2. The van der Waals surface area contributed by atoms with E-state index in [0.717, 1.165) is 12.8 Å². The van der Waals surface area contributed by atoms with Crippen LogP contribution in [0.25, 0.3) is 5.76 Å². The maximum atomic E-state index is 13.0. The van der Waals surface area contributed by atoms with Gasteiger partial charge < -0.3 is 19.5 Å². The molecule has 2 aromatic carbocycles. The molecule has 1 aliphatic heterocycles. The van der Waals surface area contributed by atoms with Gasteiger partial charge in [0.15, 0.2) is 11.5 Å². The number of para-hydroxylation sites is 1. The van der Waals surface area contributed by atoms with E-state index < -0.39 is 17.7 Å². The molecule has 0 aliphatic carbocycles. The second-order valence-corrected chi connectivity index (χ2v) is 6.79. The van der Waals surface area contributed by atoms with Crippen LogP contribution < -0.4 is 9.47 Å². The third kappa shape index (κ3) is 3.70. The van der Waals surface area contributed by atoms with E-state index in [4.69, 9.17) is 9.47 Å². The van der Waals surface area contributed by atoms with Crippen LogP contribution in [0, 0.1) is 0 Å². The molecule has 0 radical (unpaired) electrons. The van der Waals surface area contributed by atoms with Crippen molar-refractivity contribution in [1.29, 1.82) is 0 Å². The van der Waals surface area contributed by atoms with E-state index in [9.17, 15) is 14.7 Å². The Morgan fingerprint density at radius 3 is 2.38 bits per heavy atom. The number of aliphatic hydroxyl groups is 1. The van der Waals surface area contributed by atoms with Crippen molar-refractivity contribution in [2.45, 2.75) is 25.8 Å². The summed E-state index contributed by atoms with van der Waals surface area (Å²) in [6.07, 6.45) is 1.60.